The Morgan fingerprint density at radius 2 is 1.70 bits per heavy atom. The maximum absolute atomic E-state index is 12.8. The first kappa shape index (κ1) is 17.2. The van der Waals surface area contributed by atoms with Crippen LogP contribution >= 0.6 is 23.2 Å². The lowest BCUT2D eigenvalue weighted by molar-refractivity contribution is -0.136. The smallest absolute Gasteiger partial charge is 0.313 e. The van der Waals surface area contributed by atoms with E-state index in [2.05, 4.69) is 10.6 Å². The highest BCUT2D eigenvalue weighted by Gasteiger charge is 2.15. The molecule has 0 heterocycles. The van der Waals surface area contributed by atoms with Crippen LogP contribution in [0, 0.1) is 5.82 Å². The molecule has 2 amide bonds. The van der Waals surface area contributed by atoms with Gasteiger partial charge in [0.1, 0.15) is 5.82 Å². The molecular formula is C16H13Cl2FN2O2. The number of carbonyl (C=O) groups excluding carboxylic acids is 2. The third-order valence-electron chi connectivity index (χ3n) is 3.02. The van der Waals surface area contributed by atoms with Gasteiger partial charge in [0, 0.05) is 6.54 Å². The molecule has 120 valence electrons. The Bertz CT molecular complexity index is 721. The molecule has 0 saturated carbocycles. The summed E-state index contributed by atoms with van der Waals surface area (Å²) in [5.74, 6) is -1.95. The zero-order valence-corrected chi connectivity index (χ0v) is 13.4. The Labute approximate surface area is 142 Å². The van der Waals surface area contributed by atoms with E-state index in [4.69, 9.17) is 23.2 Å². The van der Waals surface area contributed by atoms with Crippen LogP contribution in [0.4, 0.5) is 10.1 Å². The predicted octanol–water partition coefficient (Wildman–Crippen LogP) is 3.43. The van der Waals surface area contributed by atoms with Gasteiger partial charge in [0.05, 0.1) is 15.7 Å². The molecule has 2 N–H and O–H groups in total. The number of rotatable bonds is 4. The van der Waals surface area contributed by atoms with Crippen molar-refractivity contribution >= 4 is 40.7 Å². The number of anilines is 1. The average Bonchev–Trinajstić information content (AvgIpc) is 2.53. The molecule has 0 saturated heterocycles. The molecule has 0 spiro atoms. The van der Waals surface area contributed by atoms with Gasteiger partial charge < -0.3 is 10.6 Å². The maximum Gasteiger partial charge on any atom is 0.313 e. The van der Waals surface area contributed by atoms with Crippen LogP contribution in [-0.2, 0) is 16.0 Å². The Hall–Kier alpha value is -2.11. The normalized spacial score (nSPS) is 10.2. The minimum atomic E-state index is -0.840. The molecule has 2 aromatic rings. The maximum atomic E-state index is 12.8. The van der Waals surface area contributed by atoms with Crippen LogP contribution in [0.3, 0.4) is 0 Å². The first-order valence-corrected chi connectivity index (χ1v) is 7.50. The van der Waals surface area contributed by atoms with Gasteiger partial charge in [-0.2, -0.15) is 0 Å². The van der Waals surface area contributed by atoms with Crippen molar-refractivity contribution in [2.75, 3.05) is 11.9 Å². The minimum Gasteiger partial charge on any atom is -0.347 e. The highest BCUT2D eigenvalue weighted by molar-refractivity contribution is 6.45. The zero-order chi connectivity index (χ0) is 16.8. The molecule has 7 heteroatoms. The lowest BCUT2D eigenvalue weighted by atomic mass is 10.1. The van der Waals surface area contributed by atoms with E-state index in [0.717, 1.165) is 5.56 Å². The van der Waals surface area contributed by atoms with Crippen LogP contribution in [0.25, 0.3) is 0 Å². The fourth-order valence-electron chi connectivity index (χ4n) is 1.83. The fraction of sp³-hybridized carbons (Fsp3) is 0.125. The predicted molar refractivity (Wildman–Crippen MR) is 88.2 cm³/mol. The summed E-state index contributed by atoms with van der Waals surface area (Å²) in [6.45, 7) is 0.251. The molecule has 0 radical (unpaired) electrons. The Morgan fingerprint density at radius 1 is 1.00 bits per heavy atom. The molecule has 0 aromatic heterocycles. The second-order valence-electron chi connectivity index (χ2n) is 4.69. The van der Waals surface area contributed by atoms with Crippen LogP contribution in [0.5, 0.6) is 0 Å². The van der Waals surface area contributed by atoms with Crippen molar-refractivity contribution in [1.29, 1.82) is 0 Å². The van der Waals surface area contributed by atoms with E-state index < -0.39 is 11.8 Å². The molecule has 23 heavy (non-hydrogen) atoms. The average molecular weight is 355 g/mol. The van der Waals surface area contributed by atoms with Gasteiger partial charge in [0.15, 0.2) is 0 Å². The second kappa shape index (κ2) is 7.94. The standard InChI is InChI=1S/C16H13Cl2FN2O2/c17-12-2-1-3-13(14(12)18)21-16(23)15(22)20-9-8-10-4-6-11(19)7-5-10/h1-7H,8-9H2,(H,20,22)(H,21,23). The highest BCUT2D eigenvalue weighted by Crippen LogP contribution is 2.29. The minimum absolute atomic E-state index is 0.168. The second-order valence-corrected chi connectivity index (χ2v) is 5.47. The molecule has 0 aliphatic carbocycles. The van der Waals surface area contributed by atoms with Crippen LogP contribution in [0.1, 0.15) is 5.56 Å². The quantitative estimate of drug-likeness (QED) is 0.826. The summed E-state index contributed by atoms with van der Waals surface area (Å²) in [5, 5.41) is 5.32. The Kier molecular flexibility index (Phi) is 5.96. The third kappa shape index (κ3) is 4.94. The van der Waals surface area contributed by atoms with Gasteiger partial charge in [-0.1, -0.05) is 41.4 Å². The molecule has 0 atom stereocenters. The molecule has 2 rings (SSSR count). The van der Waals surface area contributed by atoms with Crippen molar-refractivity contribution < 1.29 is 14.0 Å². The zero-order valence-electron chi connectivity index (χ0n) is 11.9. The summed E-state index contributed by atoms with van der Waals surface area (Å²) in [6, 6.07) is 10.6. The topological polar surface area (TPSA) is 58.2 Å². The van der Waals surface area contributed by atoms with E-state index in [1.165, 1.54) is 18.2 Å². The van der Waals surface area contributed by atoms with Crippen molar-refractivity contribution in [2.24, 2.45) is 0 Å². The van der Waals surface area contributed by atoms with E-state index >= 15 is 0 Å². The number of hydrogen-bond acceptors (Lipinski definition) is 2. The van der Waals surface area contributed by atoms with Gasteiger partial charge in [-0.05, 0) is 36.2 Å². The van der Waals surface area contributed by atoms with Crippen molar-refractivity contribution in [3.05, 3.63) is 63.9 Å². The highest BCUT2D eigenvalue weighted by atomic mass is 35.5. The molecule has 0 unspecified atom stereocenters. The van der Waals surface area contributed by atoms with Crippen LogP contribution in [0.15, 0.2) is 42.5 Å². The van der Waals surface area contributed by atoms with Crippen LogP contribution < -0.4 is 10.6 Å². The van der Waals surface area contributed by atoms with Gasteiger partial charge in [-0.3, -0.25) is 9.59 Å². The van der Waals surface area contributed by atoms with Gasteiger partial charge >= 0.3 is 11.8 Å². The summed E-state index contributed by atoms with van der Waals surface area (Å²) in [7, 11) is 0. The first-order valence-electron chi connectivity index (χ1n) is 6.75. The van der Waals surface area contributed by atoms with Gasteiger partial charge in [0.2, 0.25) is 0 Å². The number of benzene rings is 2. The Morgan fingerprint density at radius 3 is 2.39 bits per heavy atom. The van der Waals surface area contributed by atoms with Crippen molar-refractivity contribution in [2.45, 2.75) is 6.42 Å². The van der Waals surface area contributed by atoms with E-state index in [0.29, 0.717) is 6.42 Å². The summed E-state index contributed by atoms with van der Waals surface area (Å²) in [6.07, 6.45) is 0.483. The van der Waals surface area contributed by atoms with Crippen LogP contribution in [0.2, 0.25) is 10.0 Å². The Balaban J connectivity index is 1.84. The molecular weight excluding hydrogens is 342 g/mol. The van der Waals surface area contributed by atoms with Crippen molar-refractivity contribution in [3.8, 4) is 0 Å². The number of amides is 2. The van der Waals surface area contributed by atoms with Crippen molar-refractivity contribution in [1.82, 2.24) is 5.32 Å². The number of hydrogen-bond donors (Lipinski definition) is 2. The molecule has 2 aromatic carbocycles. The molecule has 4 nitrogen and oxygen atoms in total. The van der Waals surface area contributed by atoms with Gasteiger partial charge in [-0.15, -0.1) is 0 Å². The fourth-order valence-corrected chi connectivity index (χ4v) is 2.18. The van der Waals surface area contributed by atoms with E-state index in [-0.39, 0.29) is 28.1 Å². The molecule has 0 fully saturated rings. The third-order valence-corrected chi connectivity index (χ3v) is 3.84. The molecule has 0 aliphatic rings. The molecule has 0 bridgehead atoms. The van der Waals surface area contributed by atoms with Crippen LogP contribution in [-0.4, -0.2) is 18.4 Å². The van der Waals surface area contributed by atoms with E-state index in [1.807, 2.05) is 0 Å². The van der Waals surface area contributed by atoms with Gasteiger partial charge in [0.25, 0.3) is 0 Å². The molecule has 0 aliphatic heterocycles. The summed E-state index contributed by atoms with van der Waals surface area (Å²) >= 11 is 11.8. The lowest BCUT2D eigenvalue weighted by Crippen LogP contribution is -2.36. The lowest BCUT2D eigenvalue weighted by Gasteiger charge is -2.08. The summed E-state index contributed by atoms with van der Waals surface area (Å²) in [5.41, 5.74) is 1.11. The largest absolute Gasteiger partial charge is 0.347 e. The monoisotopic (exact) mass is 354 g/mol. The van der Waals surface area contributed by atoms with Crippen molar-refractivity contribution in [3.63, 3.8) is 0 Å². The number of carbonyl (C=O) groups is 2. The SMILES string of the molecule is O=C(NCCc1ccc(F)cc1)C(=O)Nc1cccc(Cl)c1Cl. The summed E-state index contributed by atoms with van der Waals surface area (Å²) < 4.78 is 12.8. The number of nitrogens with one attached hydrogen (secondary N) is 2. The van der Waals surface area contributed by atoms with E-state index in [1.54, 1.807) is 24.3 Å². The van der Waals surface area contributed by atoms with Gasteiger partial charge in [-0.25, -0.2) is 4.39 Å². The number of halogens is 3. The summed E-state index contributed by atoms with van der Waals surface area (Å²) in [4.78, 5) is 23.5. The van der Waals surface area contributed by atoms with E-state index in [9.17, 15) is 14.0 Å². The first-order chi connectivity index (χ1) is 11.0.